The Morgan fingerprint density at radius 1 is 1.13 bits per heavy atom. The molecule has 7 heteroatoms. The van der Waals surface area contributed by atoms with E-state index in [9.17, 15) is 14.9 Å². The number of hydrogen-bond acceptors (Lipinski definition) is 5. The Kier molecular flexibility index (Phi) is 5.57. The smallest absolute Gasteiger partial charge is 0.258 e. The lowest BCUT2D eigenvalue weighted by Crippen LogP contribution is -2.42. The van der Waals surface area contributed by atoms with Crippen molar-refractivity contribution in [1.82, 2.24) is 9.97 Å². The van der Waals surface area contributed by atoms with Crippen molar-refractivity contribution in [1.29, 1.82) is 5.26 Å². The van der Waals surface area contributed by atoms with Crippen LogP contribution in [0.3, 0.4) is 0 Å². The Balaban J connectivity index is 1.79. The summed E-state index contributed by atoms with van der Waals surface area (Å²) in [7, 11) is 0. The highest BCUT2D eigenvalue weighted by molar-refractivity contribution is 5.98. The molecule has 0 aliphatic carbocycles. The fraction of sp³-hybridized carbons (Fsp3) is 0.500. The van der Waals surface area contributed by atoms with Crippen LogP contribution in [-0.4, -0.2) is 29.0 Å². The summed E-state index contributed by atoms with van der Waals surface area (Å²) < 4.78 is 0. The van der Waals surface area contributed by atoms with Crippen LogP contribution in [0.25, 0.3) is 0 Å². The SMILES string of the molecule is CC1CC(C)CN(c2nc3c(c(=O)[nH]2)C(c2ccc(C(C)C)cc2)C(C#N)C(=O)N3)C1. The zero-order valence-electron chi connectivity index (χ0n) is 18.5. The van der Waals surface area contributed by atoms with Crippen molar-refractivity contribution in [3.63, 3.8) is 0 Å². The normalized spacial score (nSPS) is 25.7. The van der Waals surface area contributed by atoms with Gasteiger partial charge in [0.15, 0.2) is 0 Å². The van der Waals surface area contributed by atoms with Crippen molar-refractivity contribution >= 4 is 17.7 Å². The number of anilines is 2. The van der Waals surface area contributed by atoms with E-state index in [1.807, 2.05) is 24.3 Å². The molecule has 4 atom stereocenters. The third-order valence-electron chi connectivity index (χ3n) is 6.38. The van der Waals surface area contributed by atoms with E-state index in [-0.39, 0.29) is 11.4 Å². The zero-order chi connectivity index (χ0) is 22.3. The van der Waals surface area contributed by atoms with Gasteiger partial charge in [-0.3, -0.25) is 14.6 Å². The molecule has 4 rings (SSSR count). The molecule has 4 unspecified atom stereocenters. The standard InChI is InChI=1S/C24H29N5O2/c1-13(2)16-5-7-17(8-6-16)19-18(10-25)22(30)26-21-20(19)23(31)28-24(27-21)29-11-14(3)9-15(4)12-29/h5-8,13-15,18-19H,9,11-12H2,1-4H3,(H2,26,27,28,30,31). The van der Waals surface area contributed by atoms with Crippen molar-refractivity contribution in [3.8, 4) is 6.07 Å². The third kappa shape index (κ3) is 3.95. The first-order chi connectivity index (χ1) is 14.8. The summed E-state index contributed by atoms with van der Waals surface area (Å²) in [6, 6.07) is 9.90. The average molecular weight is 420 g/mol. The van der Waals surface area contributed by atoms with Gasteiger partial charge in [-0.05, 0) is 35.3 Å². The monoisotopic (exact) mass is 419 g/mol. The highest BCUT2D eigenvalue weighted by Crippen LogP contribution is 2.38. The fourth-order valence-corrected chi connectivity index (χ4v) is 4.93. The van der Waals surface area contributed by atoms with Gasteiger partial charge in [0, 0.05) is 19.0 Å². The maximum atomic E-state index is 13.2. The fourth-order valence-electron chi connectivity index (χ4n) is 4.93. The van der Waals surface area contributed by atoms with E-state index >= 15 is 0 Å². The molecule has 1 aromatic carbocycles. The predicted octanol–water partition coefficient (Wildman–Crippen LogP) is 3.60. The van der Waals surface area contributed by atoms with Gasteiger partial charge in [0.2, 0.25) is 11.9 Å². The van der Waals surface area contributed by atoms with E-state index < -0.39 is 17.7 Å². The van der Waals surface area contributed by atoms with Crippen LogP contribution in [0.1, 0.15) is 62.6 Å². The molecule has 3 heterocycles. The summed E-state index contributed by atoms with van der Waals surface area (Å²) in [5.74, 6) is 0.0401. The molecule has 0 radical (unpaired) electrons. The van der Waals surface area contributed by atoms with Crippen molar-refractivity contribution < 1.29 is 4.79 Å². The summed E-state index contributed by atoms with van der Waals surface area (Å²) in [4.78, 5) is 35.6. The van der Waals surface area contributed by atoms with Gasteiger partial charge in [0.05, 0.1) is 11.6 Å². The van der Waals surface area contributed by atoms with Gasteiger partial charge < -0.3 is 10.2 Å². The molecule has 7 nitrogen and oxygen atoms in total. The molecule has 162 valence electrons. The number of aromatic amines is 1. The first-order valence-electron chi connectivity index (χ1n) is 11.0. The van der Waals surface area contributed by atoms with Crippen LogP contribution in [0, 0.1) is 29.1 Å². The lowest BCUT2D eigenvalue weighted by molar-refractivity contribution is -0.119. The van der Waals surface area contributed by atoms with Gasteiger partial charge in [-0.2, -0.15) is 10.2 Å². The number of nitrogens with zero attached hydrogens (tertiary/aromatic N) is 3. The van der Waals surface area contributed by atoms with Crippen LogP contribution in [0.5, 0.6) is 0 Å². The minimum atomic E-state index is -0.985. The maximum absolute atomic E-state index is 13.2. The number of amides is 1. The van der Waals surface area contributed by atoms with Crippen LogP contribution in [-0.2, 0) is 4.79 Å². The molecule has 31 heavy (non-hydrogen) atoms. The minimum absolute atomic E-state index is 0.263. The largest absolute Gasteiger partial charge is 0.342 e. The summed E-state index contributed by atoms with van der Waals surface area (Å²) in [6.07, 6.45) is 1.14. The second kappa shape index (κ2) is 8.18. The number of rotatable bonds is 3. The number of carbonyl (C=O) groups is 1. The summed E-state index contributed by atoms with van der Waals surface area (Å²) in [5.41, 5.74) is 1.98. The van der Waals surface area contributed by atoms with E-state index in [0.717, 1.165) is 30.6 Å². The lowest BCUT2D eigenvalue weighted by Gasteiger charge is -2.36. The number of aromatic nitrogens is 2. The number of piperidine rings is 1. The number of benzene rings is 1. The van der Waals surface area contributed by atoms with Crippen LogP contribution in [0.4, 0.5) is 11.8 Å². The maximum Gasteiger partial charge on any atom is 0.258 e. The summed E-state index contributed by atoms with van der Waals surface area (Å²) in [5, 5.41) is 12.4. The highest BCUT2D eigenvalue weighted by atomic mass is 16.2. The molecule has 1 aromatic heterocycles. The highest BCUT2D eigenvalue weighted by Gasteiger charge is 2.40. The number of carbonyl (C=O) groups excluding carboxylic acids is 1. The molecule has 1 amide bonds. The Labute approximate surface area is 182 Å². The molecule has 2 aliphatic heterocycles. The lowest BCUT2D eigenvalue weighted by atomic mass is 9.79. The van der Waals surface area contributed by atoms with Crippen LogP contribution < -0.4 is 15.8 Å². The van der Waals surface area contributed by atoms with Crippen LogP contribution in [0.2, 0.25) is 0 Å². The van der Waals surface area contributed by atoms with Crippen molar-refractivity contribution in [2.45, 2.75) is 46.0 Å². The van der Waals surface area contributed by atoms with Gasteiger partial charge in [0.1, 0.15) is 11.7 Å². The van der Waals surface area contributed by atoms with Gasteiger partial charge in [-0.25, -0.2) is 0 Å². The van der Waals surface area contributed by atoms with Crippen molar-refractivity contribution in [3.05, 3.63) is 51.3 Å². The third-order valence-corrected chi connectivity index (χ3v) is 6.38. The van der Waals surface area contributed by atoms with Gasteiger partial charge in [0.25, 0.3) is 5.56 Å². The number of nitrogens with one attached hydrogen (secondary N) is 2. The number of fused-ring (bicyclic) bond motifs is 1. The van der Waals surface area contributed by atoms with Crippen LogP contribution >= 0.6 is 0 Å². The molecule has 1 fully saturated rings. The molecular weight excluding hydrogens is 390 g/mol. The topological polar surface area (TPSA) is 102 Å². The molecule has 2 aromatic rings. The molecule has 0 bridgehead atoms. The van der Waals surface area contributed by atoms with Gasteiger partial charge >= 0.3 is 0 Å². The van der Waals surface area contributed by atoms with E-state index in [1.165, 1.54) is 0 Å². The number of nitriles is 1. The minimum Gasteiger partial charge on any atom is -0.342 e. The van der Waals surface area contributed by atoms with E-state index in [2.05, 4.69) is 53.9 Å². The molecule has 2 N–H and O–H groups in total. The molecule has 0 spiro atoms. The van der Waals surface area contributed by atoms with Gasteiger partial charge in [-0.15, -0.1) is 0 Å². The second-order valence-electron chi connectivity index (χ2n) is 9.40. The number of hydrogen-bond donors (Lipinski definition) is 2. The molecular formula is C24H29N5O2. The Hall–Kier alpha value is -3.14. The quantitative estimate of drug-likeness (QED) is 0.791. The summed E-state index contributed by atoms with van der Waals surface area (Å²) >= 11 is 0. The first kappa shape index (κ1) is 21.1. The van der Waals surface area contributed by atoms with E-state index in [4.69, 9.17) is 0 Å². The predicted molar refractivity (Wildman–Crippen MR) is 120 cm³/mol. The molecule has 2 aliphatic rings. The van der Waals surface area contributed by atoms with Crippen molar-refractivity contribution in [2.75, 3.05) is 23.3 Å². The molecule has 0 saturated carbocycles. The Morgan fingerprint density at radius 3 is 2.35 bits per heavy atom. The van der Waals surface area contributed by atoms with Crippen LogP contribution in [0.15, 0.2) is 29.1 Å². The summed E-state index contributed by atoms with van der Waals surface area (Å²) in [6.45, 7) is 10.2. The molecule has 1 saturated heterocycles. The zero-order valence-corrected chi connectivity index (χ0v) is 18.5. The Morgan fingerprint density at radius 2 is 1.77 bits per heavy atom. The second-order valence-corrected chi connectivity index (χ2v) is 9.40. The first-order valence-corrected chi connectivity index (χ1v) is 11.0. The number of H-pyrrole nitrogens is 1. The van der Waals surface area contributed by atoms with E-state index in [1.54, 1.807) is 0 Å². The van der Waals surface area contributed by atoms with E-state index in [0.29, 0.717) is 29.3 Å². The van der Waals surface area contributed by atoms with Gasteiger partial charge in [-0.1, -0.05) is 52.0 Å². The Bertz CT molecular complexity index is 1070. The average Bonchev–Trinajstić information content (AvgIpc) is 2.72. The van der Waals surface area contributed by atoms with Crippen molar-refractivity contribution in [2.24, 2.45) is 17.8 Å².